The highest BCUT2D eigenvalue weighted by atomic mass is 32.1. The molecule has 1 aromatic carbocycles. The van der Waals surface area contributed by atoms with Gasteiger partial charge in [-0.2, -0.15) is 0 Å². The average molecular weight is 306 g/mol. The molecular formula is C15H18N2O3S. The summed E-state index contributed by atoms with van der Waals surface area (Å²) in [6.45, 7) is 4.15. The highest BCUT2D eigenvalue weighted by Crippen LogP contribution is 2.27. The Morgan fingerprint density at radius 2 is 2.10 bits per heavy atom. The quantitative estimate of drug-likeness (QED) is 0.830. The molecule has 21 heavy (non-hydrogen) atoms. The van der Waals surface area contributed by atoms with Crippen molar-refractivity contribution in [3.63, 3.8) is 0 Å². The molecule has 2 aromatic rings. The van der Waals surface area contributed by atoms with Gasteiger partial charge in [0.2, 0.25) is 0 Å². The maximum absolute atomic E-state index is 12.0. The van der Waals surface area contributed by atoms with Gasteiger partial charge in [0.05, 0.1) is 12.6 Å². The molecule has 5 nitrogen and oxygen atoms in total. The Bertz CT molecular complexity index is 603. The van der Waals surface area contributed by atoms with Crippen molar-refractivity contribution in [2.75, 3.05) is 7.11 Å². The lowest BCUT2D eigenvalue weighted by Crippen LogP contribution is -2.29. The maximum atomic E-state index is 12.0. The lowest BCUT2D eigenvalue weighted by molar-refractivity contribution is -0.143. The summed E-state index contributed by atoms with van der Waals surface area (Å²) in [5.74, 6) is -0.103. The normalized spacial score (nSPS) is 12.1. The van der Waals surface area contributed by atoms with E-state index in [0.717, 1.165) is 21.6 Å². The minimum atomic E-state index is -0.574. The number of aryl methyl sites for hydroxylation is 2. The molecule has 0 spiro atoms. The van der Waals surface area contributed by atoms with E-state index in [9.17, 15) is 9.90 Å². The van der Waals surface area contributed by atoms with Crippen LogP contribution in [0.4, 0.5) is 0 Å². The molecule has 1 aromatic heterocycles. The van der Waals surface area contributed by atoms with Crippen LogP contribution in [0.2, 0.25) is 0 Å². The number of aromatic nitrogens is 1. The summed E-state index contributed by atoms with van der Waals surface area (Å²) in [4.78, 5) is 17.1. The molecule has 0 aliphatic carbocycles. The van der Waals surface area contributed by atoms with Crippen molar-refractivity contribution in [3.8, 4) is 5.75 Å². The molecular weight excluding hydrogens is 288 g/mol. The zero-order chi connectivity index (χ0) is 15.4. The molecule has 0 unspecified atom stereocenters. The van der Waals surface area contributed by atoms with Gasteiger partial charge in [-0.1, -0.05) is 12.1 Å². The standard InChI is InChI=1S/C15H18N2O3S/c1-9-4-11(5-10(2)14(9)18)13(15(19)20-3)17-7-12-6-16-8-21-12/h4-6,8,13,17-18H,7H2,1-3H3/t13-/m0/s1. The van der Waals surface area contributed by atoms with Gasteiger partial charge in [-0.25, -0.2) is 4.79 Å². The van der Waals surface area contributed by atoms with Crippen LogP contribution in [0.1, 0.15) is 27.6 Å². The van der Waals surface area contributed by atoms with Gasteiger partial charge in [0, 0.05) is 17.6 Å². The zero-order valence-electron chi connectivity index (χ0n) is 12.2. The number of ether oxygens (including phenoxy) is 1. The fraction of sp³-hybridized carbons (Fsp3) is 0.333. The second-order valence-corrected chi connectivity index (χ2v) is 5.78. The molecule has 1 heterocycles. The number of benzene rings is 1. The second kappa shape index (κ2) is 6.69. The first-order valence-electron chi connectivity index (χ1n) is 6.51. The molecule has 2 rings (SSSR count). The smallest absolute Gasteiger partial charge is 0.327 e. The summed E-state index contributed by atoms with van der Waals surface area (Å²) in [5.41, 5.74) is 4.00. The maximum Gasteiger partial charge on any atom is 0.327 e. The Morgan fingerprint density at radius 1 is 1.43 bits per heavy atom. The van der Waals surface area contributed by atoms with E-state index in [4.69, 9.17) is 4.74 Å². The van der Waals surface area contributed by atoms with Crippen LogP contribution in [-0.2, 0) is 16.1 Å². The highest BCUT2D eigenvalue weighted by molar-refractivity contribution is 7.09. The Kier molecular flexibility index (Phi) is 4.93. The van der Waals surface area contributed by atoms with Gasteiger partial charge in [-0.05, 0) is 30.5 Å². The summed E-state index contributed by atoms with van der Waals surface area (Å²) in [6, 6.07) is 3.02. The number of thiazole rings is 1. The van der Waals surface area contributed by atoms with Gasteiger partial charge >= 0.3 is 5.97 Å². The predicted octanol–water partition coefficient (Wildman–Crippen LogP) is 2.47. The third kappa shape index (κ3) is 3.59. The van der Waals surface area contributed by atoms with E-state index < -0.39 is 6.04 Å². The second-order valence-electron chi connectivity index (χ2n) is 4.81. The van der Waals surface area contributed by atoms with Crippen molar-refractivity contribution in [1.82, 2.24) is 10.3 Å². The molecule has 0 amide bonds. The number of methoxy groups -OCH3 is 1. The fourth-order valence-corrected chi connectivity index (χ4v) is 2.69. The van der Waals surface area contributed by atoms with Gasteiger partial charge < -0.3 is 9.84 Å². The first kappa shape index (κ1) is 15.5. The largest absolute Gasteiger partial charge is 0.507 e. The Morgan fingerprint density at radius 3 is 2.62 bits per heavy atom. The number of phenolic OH excluding ortho intramolecular Hbond substituents is 1. The van der Waals surface area contributed by atoms with Crippen LogP contribution in [0, 0.1) is 13.8 Å². The van der Waals surface area contributed by atoms with Gasteiger partial charge in [0.25, 0.3) is 0 Å². The van der Waals surface area contributed by atoms with Crippen molar-refractivity contribution in [2.45, 2.75) is 26.4 Å². The van der Waals surface area contributed by atoms with Crippen LogP contribution in [0.5, 0.6) is 5.75 Å². The van der Waals surface area contributed by atoms with E-state index in [2.05, 4.69) is 10.3 Å². The number of aromatic hydroxyl groups is 1. The molecule has 112 valence electrons. The van der Waals surface area contributed by atoms with Gasteiger partial charge in [0.15, 0.2) is 0 Å². The van der Waals surface area contributed by atoms with Crippen molar-refractivity contribution in [2.24, 2.45) is 0 Å². The number of carbonyl (C=O) groups excluding carboxylic acids is 1. The van der Waals surface area contributed by atoms with Crippen molar-refractivity contribution >= 4 is 17.3 Å². The minimum Gasteiger partial charge on any atom is -0.507 e. The number of rotatable bonds is 5. The Labute approximate surface area is 127 Å². The average Bonchev–Trinajstić information content (AvgIpc) is 2.97. The molecule has 0 saturated carbocycles. The van der Waals surface area contributed by atoms with Gasteiger partial charge in [0.1, 0.15) is 11.8 Å². The van der Waals surface area contributed by atoms with Crippen molar-refractivity contribution in [1.29, 1.82) is 0 Å². The lowest BCUT2D eigenvalue weighted by Gasteiger charge is -2.18. The molecule has 0 aliphatic heterocycles. The van der Waals surface area contributed by atoms with E-state index in [1.54, 1.807) is 23.8 Å². The third-order valence-electron chi connectivity index (χ3n) is 3.25. The minimum absolute atomic E-state index is 0.254. The Balaban J connectivity index is 2.25. The van der Waals surface area contributed by atoms with Crippen LogP contribution in [0.25, 0.3) is 0 Å². The number of esters is 1. The van der Waals surface area contributed by atoms with Crippen molar-refractivity contribution < 1.29 is 14.6 Å². The summed E-state index contributed by atoms with van der Waals surface area (Å²) in [7, 11) is 1.36. The molecule has 0 fully saturated rings. The van der Waals surface area contributed by atoms with Gasteiger partial charge in [-0.15, -0.1) is 11.3 Å². The molecule has 1 atom stereocenters. The summed E-state index contributed by atoms with van der Waals surface area (Å²) in [6.07, 6.45) is 1.76. The number of hydrogen-bond donors (Lipinski definition) is 2. The van der Waals surface area contributed by atoms with E-state index >= 15 is 0 Å². The van der Waals surface area contributed by atoms with E-state index in [1.165, 1.54) is 18.4 Å². The molecule has 2 N–H and O–H groups in total. The SMILES string of the molecule is COC(=O)[C@@H](NCc1cncs1)c1cc(C)c(O)c(C)c1. The van der Waals surface area contributed by atoms with Crippen LogP contribution < -0.4 is 5.32 Å². The van der Waals surface area contributed by atoms with Crippen molar-refractivity contribution in [3.05, 3.63) is 45.4 Å². The monoisotopic (exact) mass is 306 g/mol. The topological polar surface area (TPSA) is 71.5 Å². The lowest BCUT2D eigenvalue weighted by atomic mass is 10.00. The van der Waals surface area contributed by atoms with E-state index in [0.29, 0.717) is 6.54 Å². The molecule has 0 bridgehead atoms. The van der Waals surface area contributed by atoms with Gasteiger partial charge in [-0.3, -0.25) is 10.3 Å². The molecule has 0 saturated heterocycles. The number of nitrogens with zero attached hydrogens (tertiary/aromatic N) is 1. The van der Waals surface area contributed by atoms with E-state index in [-0.39, 0.29) is 11.7 Å². The number of carbonyl (C=O) groups is 1. The predicted molar refractivity (Wildman–Crippen MR) is 81.3 cm³/mol. The summed E-state index contributed by atoms with van der Waals surface area (Å²) >= 11 is 1.52. The number of nitrogens with one attached hydrogen (secondary N) is 1. The van der Waals surface area contributed by atoms with E-state index in [1.807, 2.05) is 13.8 Å². The number of hydrogen-bond acceptors (Lipinski definition) is 6. The summed E-state index contributed by atoms with van der Waals surface area (Å²) < 4.78 is 4.87. The molecule has 0 aliphatic rings. The van der Waals surface area contributed by atoms with Crippen LogP contribution in [0.15, 0.2) is 23.8 Å². The van der Waals surface area contributed by atoms with Crippen LogP contribution in [0.3, 0.4) is 0 Å². The fourth-order valence-electron chi connectivity index (χ4n) is 2.14. The third-order valence-corrected chi connectivity index (χ3v) is 4.03. The summed E-state index contributed by atoms with van der Waals surface area (Å²) in [5, 5.41) is 13.0. The van der Waals surface area contributed by atoms with Crippen LogP contribution >= 0.6 is 11.3 Å². The molecule has 0 radical (unpaired) electrons. The first-order valence-corrected chi connectivity index (χ1v) is 7.39. The number of phenols is 1. The zero-order valence-corrected chi connectivity index (χ0v) is 13.0. The van der Waals surface area contributed by atoms with Crippen LogP contribution in [-0.4, -0.2) is 23.2 Å². The molecule has 6 heteroatoms. The Hall–Kier alpha value is -1.92. The first-order chi connectivity index (χ1) is 10.0. The highest BCUT2D eigenvalue weighted by Gasteiger charge is 2.22.